The number of anilines is 1. The number of hydrogen-bond acceptors (Lipinski definition) is 1. The number of rotatable bonds is 3. The molecule has 0 radical (unpaired) electrons. The number of amides is 1. The molecule has 24 heavy (non-hydrogen) atoms. The highest BCUT2D eigenvalue weighted by molar-refractivity contribution is 9.10. The third-order valence-electron chi connectivity index (χ3n) is 3.95. The molecule has 0 spiro atoms. The molecule has 1 aliphatic heterocycles. The Kier molecular flexibility index (Phi) is 4.82. The molecule has 0 fully saturated rings. The molecule has 0 unspecified atom stereocenters. The van der Waals surface area contributed by atoms with E-state index < -0.39 is 0 Å². The molecule has 1 aliphatic rings. The number of fused-ring (bicyclic) bond motifs is 1. The van der Waals surface area contributed by atoms with Gasteiger partial charge in [0.1, 0.15) is 5.84 Å². The monoisotopic (exact) mass is 380 g/mol. The predicted octanol–water partition coefficient (Wildman–Crippen LogP) is 4.44. The summed E-state index contributed by atoms with van der Waals surface area (Å²) in [5.41, 5.74) is 3.52. The van der Waals surface area contributed by atoms with Gasteiger partial charge in [-0.3, -0.25) is 4.79 Å². The van der Waals surface area contributed by atoms with Crippen molar-refractivity contribution in [3.63, 3.8) is 0 Å². The lowest BCUT2D eigenvalue weighted by molar-refractivity contribution is 0.100. The average Bonchev–Trinajstić information content (AvgIpc) is 2.91. The van der Waals surface area contributed by atoms with Crippen LogP contribution < -0.4 is 4.90 Å². The highest BCUT2D eigenvalue weighted by Crippen LogP contribution is 2.32. The number of aliphatic imine (C=N–C) groups is 1. The summed E-state index contributed by atoms with van der Waals surface area (Å²) in [6.07, 6.45) is 7.05. The van der Waals surface area contributed by atoms with E-state index >= 15 is 0 Å². The van der Waals surface area contributed by atoms with Gasteiger partial charge in [0.05, 0.1) is 0 Å². The van der Waals surface area contributed by atoms with Crippen LogP contribution in [0, 0.1) is 12.3 Å². The maximum Gasteiger partial charge on any atom is 0.278 e. The molecule has 1 amide bonds. The second kappa shape index (κ2) is 7.02. The van der Waals surface area contributed by atoms with Gasteiger partial charge in [0.25, 0.3) is 5.91 Å². The second-order valence-corrected chi connectivity index (χ2v) is 6.58. The Hall–Kier alpha value is -2.38. The fourth-order valence-electron chi connectivity index (χ4n) is 2.86. The Morgan fingerprint density at radius 1 is 1.33 bits per heavy atom. The maximum absolute atomic E-state index is 12.5. The second-order valence-electron chi connectivity index (χ2n) is 5.66. The van der Waals surface area contributed by atoms with Crippen LogP contribution in [0.4, 0.5) is 5.69 Å². The standard InChI is InChI=1S/C20H17BrN2O/c1-3-10-23-18-9-8-17(21)12-16(18)13-19(23)22-20(24)15-7-5-6-14(4-2)11-15/h2,5-9,11-12H,3,10,13H2,1H3. The molecule has 1 heterocycles. The first kappa shape index (κ1) is 16.5. The molecule has 4 heteroatoms. The summed E-state index contributed by atoms with van der Waals surface area (Å²) in [4.78, 5) is 19.1. The normalized spacial score (nSPS) is 14.5. The first-order chi connectivity index (χ1) is 11.6. The minimum Gasteiger partial charge on any atom is -0.329 e. The van der Waals surface area contributed by atoms with E-state index in [1.807, 2.05) is 6.07 Å². The van der Waals surface area contributed by atoms with Crippen molar-refractivity contribution in [1.29, 1.82) is 0 Å². The van der Waals surface area contributed by atoms with Crippen molar-refractivity contribution < 1.29 is 4.79 Å². The van der Waals surface area contributed by atoms with Crippen molar-refractivity contribution in [2.24, 2.45) is 4.99 Å². The topological polar surface area (TPSA) is 32.7 Å². The molecule has 0 saturated heterocycles. The number of terminal acetylenes is 1. The van der Waals surface area contributed by atoms with Crippen LogP contribution in [-0.2, 0) is 6.42 Å². The maximum atomic E-state index is 12.5. The quantitative estimate of drug-likeness (QED) is 0.737. The minimum atomic E-state index is -0.255. The van der Waals surface area contributed by atoms with E-state index in [0.29, 0.717) is 17.5 Å². The summed E-state index contributed by atoms with van der Waals surface area (Å²) in [6.45, 7) is 2.96. The van der Waals surface area contributed by atoms with E-state index in [0.717, 1.165) is 29.0 Å². The lowest BCUT2D eigenvalue weighted by Gasteiger charge is -2.19. The van der Waals surface area contributed by atoms with Gasteiger partial charge < -0.3 is 4.90 Å². The molecule has 0 N–H and O–H groups in total. The van der Waals surface area contributed by atoms with E-state index in [1.165, 1.54) is 5.56 Å². The Labute approximate surface area is 150 Å². The van der Waals surface area contributed by atoms with E-state index in [2.05, 4.69) is 50.8 Å². The molecule has 0 atom stereocenters. The van der Waals surface area contributed by atoms with E-state index in [-0.39, 0.29) is 5.91 Å². The van der Waals surface area contributed by atoms with E-state index in [4.69, 9.17) is 6.42 Å². The first-order valence-corrected chi connectivity index (χ1v) is 8.66. The van der Waals surface area contributed by atoms with Gasteiger partial charge in [-0.2, -0.15) is 4.99 Å². The molecule has 3 rings (SSSR count). The third-order valence-corrected chi connectivity index (χ3v) is 4.44. The van der Waals surface area contributed by atoms with Crippen LogP contribution in [0.15, 0.2) is 51.9 Å². The number of benzene rings is 2. The first-order valence-electron chi connectivity index (χ1n) is 7.87. The number of nitrogens with zero attached hydrogens (tertiary/aromatic N) is 2. The van der Waals surface area contributed by atoms with Crippen LogP contribution in [0.1, 0.15) is 34.8 Å². The molecule has 2 aromatic rings. The van der Waals surface area contributed by atoms with Gasteiger partial charge in [-0.05, 0) is 48.4 Å². The Morgan fingerprint density at radius 3 is 2.92 bits per heavy atom. The Bertz CT molecular complexity index is 864. The van der Waals surface area contributed by atoms with Crippen LogP contribution in [-0.4, -0.2) is 18.3 Å². The van der Waals surface area contributed by atoms with Gasteiger partial charge in [-0.1, -0.05) is 34.8 Å². The zero-order valence-corrected chi connectivity index (χ0v) is 15.0. The zero-order chi connectivity index (χ0) is 17.1. The van der Waals surface area contributed by atoms with E-state index in [1.54, 1.807) is 24.3 Å². The third kappa shape index (κ3) is 3.27. The van der Waals surface area contributed by atoms with Gasteiger partial charge >= 0.3 is 0 Å². The average molecular weight is 381 g/mol. The number of carbonyl (C=O) groups is 1. The van der Waals surface area contributed by atoms with E-state index in [9.17, 15) is 4.79 Å². The molecular weight excluding hydrogens is 364 g/mol. The van der Waals surface area contributed by atoms with Crippen molar-refractivity contribution in [3.05, 3.63) is 63.6 Å². The van der Waals surface area contributed by atoms with Crippen molar-refractivity contribution in [1.82, 2.24) is 0 Å². The zero-order valence-electron chi connectivity index (χ0n) is 13.4. The molecule has 3 nitrogen and oxygen atoms in total. The molecule has 0 aliphatic carbocycles. The highest BCUT2D eigenvalue weighted by atomic mass is 79.9. The number of halogens is 1. The van der Waals surface area contributed by atoms with Crippen molar-refractivity contribution in [2.75, 3.05) is 11.4 Å². The van der Waals surface area contributed by atoms with Gasteiger partial charge in [-0.15, -0.1) is 6.42 Å². The lowest BCUT2D eigenvalue weighted by atomic mass is 10.1. The van der Waals surface area contributed by atoms with Crippen molar-refractivity contribution >= 4 is 33.4 Å². The molecular formula is C20H17BrN2O. The number of carbonyl (C=O) groups excluding carboxylic acids is 1. The summed E-state index contributed by atoms with van der Waals surface area (Å²) in [5, 5.41) is 0. The van der Waals surface area contributed by atoms with Crippen LogP contribution in [0.2, 0.25) is 0 Å². The molecule has 0 saturated carbocycles. The van der Waals surface area contributed by atoms with Crippen LogP contribution >= 0.6 is 15.9 Å². The predicted molar refractivity (Wildman–Crippen MR) is 102 cm³/mol. The number of amidine groups is 1. The fraction of sp³-hybridized carbons (Fsp3) is 0.200. The lowest BCUT2D eigenvalue weighted by Crippen LogP contribution is -2.28. The molecule has 2 aromatic carbocycles. The summed E-state index contributed by atoms with van der Waals surface area (Å²) in [6, 6.07) is 13.2. The SMILES string of the molecule is C#Cc1cccc(C(=O)N=C2Cc3cc(Br)ccc3N2CCC)c1. The molecule has 0 bridgehead atoms. The Balaban J connectivity index is 1.94. The van der Waals surface area contributed by atoms with Gasteiger partial charge in [0, 0.05) is 34.3 Å². The summed E-state index contributed by atoms with van der Waals surface area (Å²) in [5.74, 6) is 3.09. The van der Waals surface area contributed by atoms with Crippen LogP contribution in [0.3, 0.4) is 0 Å². The summed E-state index contributed by atoms with van der Waals surface area (Å²) < 4.78 is 1.03. The summed E-state index contributed by atoms with van der Waals surface area (Å²) >= 11 is 3.50. The van der Waals surface area contributed by atoms with Crippen molar-refractivity contribution in [2.45, 2.75) is 19.8 Å². The number of hydrogen-bond donors (Lipinski definition) is 0. The Morgan fingerprint density at radius 2 is 2.17 bits per heavy atom. The van der Waals surface area contributed by atoms with Crippen LogP contribution in [0.25, 0.3) is 0 Å². The molecule has 0 aromatic heterocycles. The van der Waals surface area contributed by atoms with Gasteiger partial charge in [0.15, 0.2) is 0 Å². The molecule has 120 valence electrons. The summed E-state index contributed by atoms with van der Waals surface area (Å²) in [7, 11) is 0. The van der Waals surface area contributed by atoms with Gasteiger partial charge in [-0.25, -0.2) is 0 Å². The largest absolute Gasteiger partial charge is 0.329 e. The highest BCUT2D eigenvalue weighted by Gasteiger charge is 2.26. The van der Waals surface area contributed by atoms with Gasteiger partial charge in [0.2, 0.25) is 0 Å². The minimum absolute atomic E-state index is 0.255. The smallest absolute Gasteiger partial charge is 0.278 e. The van der Waals surface area contributed by atoms with Crippen LogP contribution in [0.5, 0.6) is 0 Å². The fourth-order valence-corrected chi connectivity index (χ4v) is 3.27. The van der Waals surface area contributed by atoms with Crippen molar-refractivity contribution in [3.8, 4) is 12.3 Å².